The number of benzene rings is 1. The first-order chi connectivity index (χ1) is 8.69. The van der Waals surface area contributed by atoms with Crippen molar-refractivity contribution in [1.82, 2.24) is 5.32 Å². The standard InChI is InChI=1S/C14H21ClN2O2/c1-9-5-6-10(11(15)7-9)12(16)8-17-13(18)19-14(2,3)4/h5-7,12H,8,16H2,1-4H3,(H,17,18). The molecule has 1 amide bonds. The van der Waals surface area contributed by atoms with E-state index in [4.69, 9.17) is 22.1 Å². The highest BCUT2D eigenvalue weighted by Gasteiger charge is 2.17. The maximum Gasteiger partial charge on any atom is 0.407 e. The summed E-state index contributed by atoms with van der Waals surface area (Å²) < 4.78 is 5.13. The molecule has 19 heavy (non-hydrogen) atoms. The molecule has 0 aliphatic heterocycles. The first-order valence-corrected chi connectivity index (χ1v) is 6.55. The van der Waals surface area contributed by atoms with Crippen LogP contribution in [0.15, 0.2) is 18.2 Å². The molecule has 0 bridgehead atoms. The Morgan fingerprint density at radius 1 is 1.47 bits per heavy atom. The number of nitrogens with two attached hydrogens (primary N) is 1. The number of ether oxygens (including phenoxy) is 1. The number of carbonyl (C=O) groups is 1. The van der Waals surface area contributed by atoms with Gasteiger partial charge in [0, 0.05) is 17.6 Å². The number of carbonyl (C=O) groups excluding carboxylic acids is 1. The summed E-state index contributed by atoms with van der Waals surface area (Å²) >= 11 is 6.12. The van der Waals surface area contributed by atoms with Gasteiger partial charge in [0.15, 0.2) is 0 Å². The second-order valence-corrected chi connectivity index (χ2v) is 5.92. The van der Waals surface area contributed by atoms with Gasteiger partial charge in [-0.2, -0.15) is 0 Å². The molecule has 0 aliphatic rings. The molecule has 4 nitrogen and oxygen atoms in total. The van der Waals surface area contributed by atoms with Gasteiger partial charge >= 0.3 is 6.09 Å². The topological polar surface area (TPSA) is 64.3 Å². The number of alkyl carbamates (subject to hydrolysis) is 1. The van der Waals surface area contributed by atoms with Gasteiger partial charge < -0.3 is 15.8 Å². The summed E-state index contributed by atoms with van der Waals surface area (Å²) in [6.45, 7) is 7.66. The van der Waals surface area contributed by atoms with E-state index >= 15 is 0 Å². The average Bonchev–Trinajstić information content (AvgIpc) is 2.23. The maximum atomic E-state index is 11.5. The molecule has 0 spiro atoms. The molecule has 1 rings (SSSR count). The van der Waals surface area contributed by atoms with Gasteiger partial charge in [0.05, 0.1) is 0 Å². The van der Waals surface area contributed by atoms with Crippen LogP contribution < -0.4 is 11.1 Å². The SMILES string of the molecule is Cc1ccc(C(N)CNC(=O)OC(C)(C)C)c(Cl)c1. The van der Waals surface area contributed by atoms with E-state index in [9.17, 15) is 4.79 Å². The molecule has 0 radical (unpaired) electrons. The van der Waals surface area contributed by atoms with E-state index in [-0.39, 0.29) is 12.6 Å². The van der Waals surface area contributed by atoms with Crippen molar-refractivity contribution in [2.45, 2.75) is 39.3 Å². The Bertz CT molecular complexity index is 455. The highest BCUT2D eigenvalue weighted by Crippen LogP contribution is 2.22. The van der Waals surface area contributed by atoms with Crippen molar-refractivity contribution in [1.29, 1.82) is 0 Å². The lowest BCUT2D eigenvalue weighted by molar-refractivity contribution is 0.0524. The van der Waals surface area contributed by atoms with Crippen LogP contribution in [0.25, 0.3) is 0 Å². The second-order valence-electron chi connectivity index (χ2n) is 5.51. The summed E-state index contributed by atoms with van der Waals surface area (Å²) in [5, 5.41) is 3.24. The van der Waals surface area contributed by atoms with Crippen LogP contribution in [0.2, 0.25) is 5.02 Å². The number of halogens is 1. The molecule has 0 saturated carbocycles. The molecule has 5 heteroatoms. The molecule has 1 aromatic carbocycles. The predicted molar refractivity (Wildman–Crippen MR) is 77.4 cm³/mol. The molecular formula is C14H21ClN2O2. The molecule has 1 atom stereocenters. The van der Waals surface area contributed by atoms with Crippen LogP contribution in [-0.4, -0.2) is 18.2 Å². The van der Waals surface area contributed by atoms with Gasteiger partial charge in [0.1, 0.15) is 5.60 Å². The molecule has 0 heterocycles. The lowest BCUT2D eigenvalue weighted by Crippen LogP contribution is -2.36. The summed E-state index contributed by atoms with van der Waals surface area (Å²) in [5.41, 5.74) is 7.36. The monoisotopic (exact) mass is 284 g/mol. The molecule has 0 aromatic heterocycles. The van der Waals surface area contributed by atoms with E-state index in [1.807, 2.05) is 45.9 Å². The van der Waals surface area contributed by atoms with Crippen molar-refractivity contribution >= 4 is 17.7 Å². The zero-order valence-electron chi connectivity index (χ0n) is 11.8. The summed E-state index contributed by atoms with van der Waals surface area (Å²) in [5.74, 6) is 0. The van der Waals surface area contributed by atoms with E-state index in [1.165, 1.54) is 0 Å². The molecular weight excluding hydrogens is 264 g/mol. The molecule has 3 N–H and O–H groups in total. The van der Waals surface area contributed by atoms with Crippen molar-refractivity contribution in [2.24, 2.45) is 5.73 Å². The van der Waals surface area contributed by atoms with Gasteiger partial charge in [0.25, 0.3) is 0 Å². The summed E-state index contributed by atoms with van der Waals surface area (Å²) in [6.07, 6.45) is -0.480. The van der Waals surface area contributed by atoms with Crippen molar-refractivity contribution in [2.75, 3.05) is 6.54 Å². The Morgan fingerprint density at radius 2 is 2.11 bits per heavy atom. The molecule has 0 saturated heterocycles. The lowest BCUT2D eigenvalue weighted by Gasteiger charge is -2.21. The van der Waals surface area contributed by atoms with E-state index in [1.54, 1.807) is 0 Å². The van der Waals surface area contributed by atoms with Gasteiger partial charge in [0.2, 0.25) is 0 Å². The van der Waals surface area contributed by atoms with E-state index < -0.39 is 11.7 Å². The van der Waals surface area contributed by atoms with E-state index in [2.05, 4.69) is 5.32 Å². The van der Waals surface area contributed by atoms with Gasteiger partial charge in [-0.25, -0.2) is 4.79 Å². The summed E-state index contributed by atoms with van der Waals surface area (Å²) in [7, 11) is 0. The molecule has 0 fully saturated rings. The van der Waals surface area contributed by atoms with E-state index in [0.29, 0.717) is 5.02 Å². The van der Waals surface area contributed by atoms with Crippen LogP contribution in [-0.2, 0) is 4.74 Å². The summed E-state index contributed by atoms with van der Waals surface area (Å²) in [4.78, 5) is 11.5. The normalized spacial score (nSPS) is 12.9. The number of nitrogens with one attached hydrogen (secondary N) is 1. The third kappa shape index (κ3) is 5.49. The largest absolute Gasteiger partial charge is 0.444 e. The Balaban J connectivity index is 2.56. The third-order valence-corrected chi connectivity index (χ3v) is 2.75. The number of hydrogen-bond acceptors (Lipinski definition) is 3. The number of aryl methyl sites for hydroxylation is 1. The lowest BCUT2D eigenvalue weighted by atomic mass is 10.1. The Labute approximate surface area is 119 Å². The van der Waals surface area contributed by atoms with Gasteiger partial charge in [-0.1, -0.05) is 23.7 Å². The van der Waals surface area contributed by atoms with Crippen molar-refractivity contribution in [3.05, 3.63) is 34.3 Å². The summed E-state index contributed by atoms with van der Waals surface area (Å²) in [6, 6.07) is 5.30. The minimum absolute atomic E-state index is 0.275. The van der Waals surface area contributed by atoms with Crippen LogP contribution in [0.1, 0.15) is 37.9 Å². The number of amides is 1. The smallest absolute Gasteiger partial charge is 0.407 e. The predicted octanol–water partition coefficient (Wildman–Crippen LogP) is 3.17. The van der Waals surface area contributed by atoms with Crippen molar-refractivity contribution < 1.29 is 9.53 Å². The molecule has 1 aromatic rings. The van der Waals surface area contributed by atoms with E-state index in [0.717, 1.165) is 11.1 Å². The van der Waals surface area contributed by atoms with Gasteiger partial charge in [-0.15, -0.1) is 0 Å². The first-order valence-electron chi connectivity index (χ1n) is 6.17. The molecule has 0 aliphatic carbocycles. The Morgan fingerprint density at radius 3 is 2.63 bits per heavy atom. The van der Waals surface area contributed by atoms with Crippen LogP contribution in [0.5, 0.6) is 0 Å². The number of hydrogen-bond donors (Lipinski definition) is 2. The Hall–Kier alpha value is -1.26. The van der Waals surface area contributed by atoms with Gasteiger partial charge in [-0.05, 0) is 44.9 Å². The van der Waals surface area contributed by atoms with Crippen molar-refractivity contribution in [3.63, 3.8) is 0 Å². The fourth-order valence-electron chi connectivity index (χ4n) is 1.55. The average molecular weight is 285 g/mol. The fraction of sp³-hybridized carbons (Fsp3) is 0.500. The van der Waals surface area contributed by atoms with Crippen molar-refractivity contribution in [3.8, 4) is 0 Å². The first kappa shape index (κ1) is 15.8. The minimum atomic E-state index is -0.518. The molecule has 1 unspecified atom stereocenters. The minimum Gasteiger partial charge on any atom is -0.444 e. The molecule has 106 valence electrons. The van der Waals surface area contributed by atoms with Crippen LogP contribution >= 0.6 is 11.6 Å². The zero-order valence-corrected chi connectivity index (χ0v) is 12.5. The quantitative estimate of drug-likeness (QED) is 0.896. The second kappa shape index (κ2) is 6.26. The van der Waals surface area contributed by atoms with Crippen LogP contribution in [0.4, 0.5) is 4.79 Å². The fourth-order valence-corrected chi connectivity index (χ4v) is 1.93. The zero-order chi connectivity index (χ0) is 14.6. The van der Waals surface area contributed by atoms with Gasteiger partial charge in [-0.3, -0.25) is 0 Å². The van der Waals surface area contributed by atoms with Crippen LogP contribution in [0.3, 0.4) is 0 Å². The third-order valence-electron chi connectivity index (χ3n) is 2.42. The van der Waals surface area contributed by atoms with Crippen LogP contribution in [0, 0.1) is 6.92 Å². The Kier molecular flexibility index (Phi) is 5.20. The maximum absolute atomic E-state index is 11.5. The highest BCUT2D eigenvalue weighted by atomic mass is 35.5. The highest BCUT2D eigenvalue weighted by molar-refractivity contribution is 6.31. The number of rotatable bonds is 3.